The van der Waals surface area contributed by atoms with Crippen LogP contribution in [0.5, 0.6) is 5.75 Å². The highest BCUT2D eigenvalue weighted by Crippen LogP contribution is 2.37. The molecule has 1 atom stereocenters. The Morgan fingerprint density at radius 3 is 2.60 bits per heavy atom. The third kappa shape index (κ3) is 2.73. The standard InChI is InChI=1S/C17H17NOS/c1-12-11-16(13-7-9-14(19-2)10-8-13)18-15-5-3-4-6-17(15)20-12/h3-10,12H,11H2,1-2H3/t12-/m1/s1. The Bertz CT molecular complexity index is 634. The minimum Gasteiger partial charge on any atom is -0.497 e. The SMILES string of the molecule is COc1ccc(C2=Nc3ccccc3S[C@H](C)C2)cc1. The smallest absolute Gasteiger partial charge is 0.118 e. The van der Waals surface area contributed by atoms with E-state index in [9.17, 15) is 0 Å². The third-order valence-electron chi connectivity index (χ3n) is 3.35. The quantitative estimate of drug-likeness (QED) is 0.796. The van der Waals surface area contributed by atoms with Gasteiger partial charge in [-0.15, -0.1) is 11.8 Å². The van der Waals surface area contributed by atoms with E-state index < -0.39 is 0 Å². The Kier molecular flexibility index (Phi) is 3.79. The maximum atomic E-state index is 5.21. The van der Waals surface area contributed by atoms with Crippen LogP contribution in [0.15, 0.2) is 58.4 Å². The van der Waals surface area contributed by atoms with Gasteiger partial charge in [0.05, 0.1) is 12.8 Å². The first-order chi connectivity index (χ1) is 9.76. The molecule has 0 radical (unpaired) electrons. The van der Waals surface area contributed by atoms with E-state index in [1.165, 1.54) is 10.5 Å². The predicted molar refractivity (Wildman–Crippen MR) is 85.6 cm³/mol. The zero-order valence-electron chi connectivity index (χ0n) is 11.7. The lowest BCUT2D eigenvalue weighted by atomic mass is 10.1. The van der Waals surface area contributed by atoms with Gasteiger partial charge < -0.3 is 4.74 Å². The fourth-order valence-corrected chi connectivity index (χ4v) is 3.40. The molecule has 2 aromatic rings. The summed E-state index contributed by atoms with van der Waals surface area (Å²) in [6, 6.07) is 16.5. The summed E-state index contributed by atoms with van der Waals surface area (Å²) >= 11 is 1.90. The third-order valence-corrected chi connectivity index (χ3v) is 4.52. The van der Waals surface area contributed by atoms with Crippen LogP contribution in [0.25, 0.3) is 0 Å². The number of nitrogens with zero attached hydrogens (tertiary/aromatic N) is 1. The molecule has 0 amide bonds. The van der Waals surface area contributed by atoms with Crippen molar-refractivity contribution < 1.29 is 4.74 Å². The molecule has 3 rings (SSSR count). The number of methoxy groups -OCH3 is 1. The van der Waals surface area contributed by atoms with Crippen molar-refractivity contribution in [3.63, 3.8) is 0 Å². The average molecular weight is 283 g/mol. The number of hydrogen-bond acceptors (Lipinski definition) is 3. The van der Waals surface area contributed by atoms with Crippen molar-refractivity contribution in [1.82, 2.24) is 0 Å². The Morgan fingerprint density at radius 1 is 1.10 bits per heavy atom. The zero-order valence-corrected chi connectivity index (χ0v) is 12.5. The van der Waals surface area contributed by atoms with Crippen LogP contribution in [0.2, 0.25) is 0 Å². The topological polar surface area (TPSA) is 21.6 Å². The Balaban J connectivity index is 2.01. The second-order valence-electron chi connectivity index (χ2n) is 4.89. The Hall–Kier alpha value is -1.74. The van der Waals surface area contributed by atoms with E-state index in [0.29, 0.717) is 5.25 Å². The molecule has 0 saturated carbocycles. The van der Waals surface area contributed by atoms with Gasteiger partial charge in [0.15, 0.2) is 0 Å². The van der Waals surface area contributed by atoms with Crippen LogP contribution in [-0.4, -0.2) is 18.1 Å². The summed E-state index contributed by atoms with van der Waals surface area (Å²) in [5, 5.41) is 0.527. The van der Waals surface area contributed by atoms with E-state index in [1.54, 1.807) is 7.11 Å². The summed E-state index contributed by atoms with van der Waals surface area (Å²) in [5.41, 5.74) is 3.40. The van der Waals surface area contributed by atoms with Crippen molar-refractivity contribution in [2.45, 2.75) is 23.5 Å². The van der Waals surface area contributed by atoms with Gasteiger partial charge in [0, 0.05) is 22.3 Å². The fourth-order valence-electron chi connectivity index (χ4n) is 2.34. The number of hydrogen-bond donors (Lipinski definition) is 0. The van der Waals surface area contributed by atoms with Crippen molar-refractivity contribution in [2.75, 3.05) is 7.11 Å². The van der Waals surface area contributed by atoms with E-state index in [-0.39, 0.29) is 0 Å². The molecule has 0 saturated heterocycles. The molecule has 0 N–H and O–H groups in total. The number of para-hydroxylation sites is 1. The van der Waals surface area contributed by atoms with Crippen molar-refractivity contribution in [1.29, 1.82) is 0 Å². The van der Waals surface area contributed by atoms with E-state index in [2.05, 4.69) is 37.3 Å². The normalized spacial score (nSPS) is 17.9. The molecule has 0 fully saturated rings. The van der Waals surface area contributed by atoms with Crippen LogP contribution >= 0.6 is 11.8 Å². The van der Waals surface area contributed by atoms with Crippen LogP contribution in [0, 0.1) is 0 Å². The maximum Gasteiger partial charge on any atom is 0.118 e. The molecule has 0 bridgehead atoms. The van der Waals surface area contributed by atoms with Gasteiger partial charge in [-0.05, 0) is 42.0 Å². The summed E-state index contributed by atoms with van der Waals surface area (Å²) in [6.07, 6.45) is 0.978. The van der Waals surface area contributed by atoms with Gasteiger partial charge in [0.25, 0.3) is 0 Å². The van der Waals surface area contributed by atoms with E-state index in [0.717, 1.165) is 23.6 Å². The van der Waals surface area contributed by atoms with Gasteiger partial charge in [-0.1, -0.05) is 19.1 Å². The molecular formula is C17H17NOS. The number of rotatable bonds is 2. The summed E-state index contributed by atoms with van der Waals surface area (Å²) in [7, 11) is 1.69. The minimum absolute atomic E-state index is 0.527. The summed E-state index contributed by atoms with van der Waals surface area (Å²) in [5.74, 6) is 0.880. The number of thioether (sulfide) groups is 1. The molecule has 20 heavy (non-hydrogen) atoms. The first-order valence-electron chi connectivity index (χ1n) is 6.74. The zero-order chi connectivity index (χ0) is 13.9. The predicted octanol–water partition coefficient (Wildman–Crippen LogP) is 4.70. The van der Waals surface area contributed by atoms with Crippen LogP contribution in [0.4, 0.5) is 5.69 Å². The number of benzene rings is 2. The van der Waals surface area contributed by atoms with E-state index >= 15 is 0 Å². The second kappa shape index (κ2) is 5.71. The van der Waals surface area contributed by atoms with Gasteiger partial charge in [0.2, 0.25) is 0 Å². The molecule has 2 nitrogen and oxygen atoms in total. The highest BCUT2D eigenvalue weighted by Gasteiger charge is 2.17. The summed E-state index contributed by atoms with van der Waals surface area (Å²) in [4.78, 5) is 6.14. The monoisotopic (exact) mass is 283 g/mol. The summed E-state index contributed by atoms with van der Waals surface area (Å²) in [6.45, 7) is 2.26. The minimum atomic E-state index is 0.527. The lowest BCUT2D eigenvalue weighted by Crippen LogP contribution is -2.07. The average Bonchev–Trinajstić information content (AvgIpc) is 2.65. The lowest BCUT2D eigenvalue weighted by Gasteiger charge is -2.09. The Labute approximate surface area is 123 Å². The molecular weight excluding hydrogens is 266 g/mol. The molecule has 0 aliphatic carbocycles. The first-order valence-corrected chi connectivity index (χ1v) is 7.62. The van der Waals surface area contributed by atoms with Crippen LogP contribution in [0.3, 0.4) is 0 Å². The fraction of sp³-hybridized carbons (Fsp3) is 0.235. The number of fused-ring (bicyclic) bond motifs is 1. The Morgan fingerprint density at radius 2 is 1.85 bits per heavy atom. The van der Waals surface area contributed by atoms with Crippen molar-refractivity contribution >= 4 is 23.2 Å². The lowest BCUT2D eigenvalue weighted by molar-refractivity contribution is 0.415. The van der Waals surface area contributed by atoms with Crippen LogP contribution < -0.4 is 4.74 Å². The molecule has 1 aliphatic heterocycles. The maximum absolute atomic E-state index is 5.21. The van der Waals surface area contributed by atoms with Crippen LogP contribution in [0.1, 0.15) is 18.9 Å². The van der Waals surface area contributed by atoms with Crippen molar-refractivity contribution in [3.05, 3.63) is 54.1 Å². The first kappa shape index (κ1) is 13.3. The van der Waals surface area contributed by atoms with Gasteiger partial charge in [0.1, 0.15) is 5.75 Å². The molecule has 0 unspecified atom stereocenters. The largest absolute Gasteiger partial charge is 0.497 e. The molecule has 1 heterocycles. The molecule has 0 spiro atoms. The number of ether oxygens (including phenoxy) is 1. The molecule has 0 aromatic heterocycles. The molecule has 2 aromatic carbocycles. The van der Waals surface area contributed by atoms with Crippen molar-refractivity contribution in [3.8, 4) is 5.75 Å². The highest BCUT2D eigenvalue weighted by molar-refractivity contribution is 8.00. The van der Waals surface area contributed by atoms with Crippen LogP contribution in [-0.2, 0) is 0 Å². The molecule has 3 heteroatoms. The van der Waals surface area contributed by atoms with Gasteiger partial charge in [-0.25, -0.2) is 0 Å². The molecule has 1 aliphatic rings. The molecule has 102 valence electrons. The van der Waals surface area contributed by atoms with Gasteiger partial charge >= 0.3 is 0 Å². The number of aliphatic imine (C=N–C) groups is 1. The van der Waals surface area contributed by atoms with E-state index in [1.807, 2.05) is 30.0 Å². The van der Waals surface area contributed by atoms with E-state index in [4.69, 9.17) is 9.73 Å². The van der Waals surface area contributed by atoms with Crippen molar-refractivity contribution in [2.24, 2.45) is 4.99 Å². The van der Waals surface area contributed by atoms with Gasteiger partial charge in [-0.3, -0.25) is 4.99 Å². The highest BCUT2D eigenvalue weighted by atomic mass is 32.2. The second-order valence-corrected chi connectivity index (χ2v) is 6.37. The van der Waals surface area contributed by atoms with Gasteiger partial charge in [-0.2, -0.15) is 0 Å². The summed E-state index contributed by atoms with van der Waals surface area (Å²) < 4.78 is 5.21.